The smallest absolute Gasteiger partial charge is 0.223 e. The molecule has 1 aliphatic carbocycles. The summed E-state index contributed by atoms with van der Waals surface area (Å²) in [5.74, 6) is 1.73. The third-order valence-electron chi connectivity index (χ3n) is 6.01. The molecule has 1 saturated heterocycles. The van der Waals surface area contributed by atoms with E-state index in [0.29, 0.717) is 18.9 Å². The molecule has 7 heteroatoms. The first kappa shape index (κ1) is 22.1. The number of nitrogens with zero attached hydrogens (tertiary/aromatic N) is 2. The Morgan fingerprint density at radius 1 is 1.13 bits per heavy atom. The maximum Gasteiger partial charge on any atom is 0.223 e. The van der Waals surface area contributed by atoms with Gasteiger partial charge in [0, 0.05) is 58.0 Å². The lowest BCUT2D eigenvalue weighted by Crippen LogP contribution is -2.41. The Kier molecular flexibility index (Phi) is 8.53. The highest BCUT2D eigenvalue weighted by molar-refractivity contribution is 5.81. The second-order valence-corrected chi connectivity index (χ2v) is 8.30. The number of amides is 2. The molecule has 1 atom stereocenters. The van der Waals surface area contributed by atoms with E-state index in [1.54, 1.807) is 7.05 Å². The van der Waals surface area contributed by atoms with E-state index in [9.17, 15) is 9.59 Å². The predicted molar refractivity (Wildman–Crippen MR) is 119 cm³/mol. The Morgan fingerprint density at radius 3 is 2.60 bits per heavy atom. The second kappa shape index (κ2) is 11.6. The first-order chi connectivity index (χ1) is 14.7. The molecule has 0 radical (unpaired) electrons. The highest BCUT2D eigenvalue weighted by Gasteiger charge is 2.29. The number of carbonyl (C=O) groups excluding carboxylic acids is 2. The fourth-order valence-electron chi connectivity index (χ4n) is 3.90. The second-order valence-electron chi connectivity index (χ2n) is 8.30. The Labute approximate surface area is 179 Å². The zero-order valence-electron chi connectivity index (χ0n) is 18.0. The first-order valence-corrected chi connectivity index (χ1v) is 11.2. The summed E-state index contributed by atoms with van der Waals surface area (Å²) in [6.45, 7) is 3.73. The van der Waals surface area contributed by atoms with E-state index in [4.69, 9.17) is 0 Å². The molecule has 0 aromatic heterocycles. The summed E-state index contributed by atoms with van der Waals surface area (Å²) >= 11 is 0. The van der Waals surface area contributed by atoms with Gasteiger partial charge in [-0.2, -0.15) is 0 Å². The molecule has 1 saturated carbocycles. The van der Waals surface area contributed by atoms with Crippen LogP contribution in [0.5, 0.6) is 0 Å². The molecule has 0 bridgehead atoms. The fraction of sp³-hybridized carbons (Fsp3) is 0.609. The van der Waals surface area contributed by atoms with Crippen molar-refractivity contribution in [2.45, 2.75) is 38.5 Å². The lowest BCUT2D eigenvalue weighted by atomic mass is 9.85. The molecule has 3 N–H and O–H groups in total. The van der Waals surface area contributed by atoms with E-state index >= 15 is 0 Å². The van der Waals surface area contributed by atoms with Crippen molar-refractivity contribution < 1.29 is 9.59 Å². The first-order valence-electron chi connectivity index (χ1n) is 11.2. The minimum absolute atomic E-state index is 0.200. The quantitative estimate of drug-likeness (QED) is 0.309. The van der Waals surface area contributed by atoms with Gasteiger partial charge in [0.15, 0.2) is 5.96 Å². The Hall–Kier alpha value is -2.57. The summed E-state index contributed by atoms with van der Waals surface area (Å²) in [5, 5.41) is 9.62. The summed E-state index contributed by atoms with van der Waals surface area (Å²) in [5.41, 5.74) is 1.26. The molecule has 164 valence electrons. The number of aliphatic imine (C=N–C) groups is 1. The number of guanidine groups is 1. The molecule has 1 aromatic rings. The molecule has 1 aromatic carbocycles. The Morgan fingerprint density at radius 2 is 1.90 bits per heavy atom. The van der Waals surface area contributed by atoms with Crippen molar-refractivity contribution in [2.24, 2.45) is 16.8 Å². The van der Waals surface area contributed by atoms with Crippen LogP contribution in [0, 0.1) is 11.8 Å². The van der Waals surface area contributed by atoms with Crippen molar-refractivity contribution in [3.8, 4) is 0 Å². The highest BCUT2D eigenvalue weighted by atomic mass is 16.2. The van der Waals surface area contributed by atoms with Gasteiger partial charge in [-0.1, -0.05) is 36.8 Å². The van der Waals surface area contributed by atoms with Crippen molar-refractivity contribution in [3.05, 3.63) is 35.9 Å². The number of hydrogen-bond donors (Lipinski definition) is 3. The number of rotatable bonds is 10. The van der Waals surface area contributed by atoms with Gasteiger partial charge < -0.3 is 20.9 Å². The van der Waals surface area contributed by atoms with Gasteiger partial charge >= 0.3 is 0 Å². The lowest BCUT2D eigenvalue weighted by molar-refractivity contribution is -0.128. The van der Waals surface area contributed by atoms with Gasteiger partial charge in [0.05, 0.1) is 0 Å². The number of nitrogens with one attached hydrogen (secondary N) is 3. The molecule has 7 nitrogen and oxygen atoms in total. The van der Waals surface area contributed by atoms with Crippen LogP contribution in [0.3, 0.4) is 0 Å². The van der Waals surface area contributed by atoms with Crippen LogP contribution in [0.4, 0.5) is 0 Å². The number of likely N-dealkylation sites (tertiary alicyclic amines) is 1. The van der Waals surface area contributed by atoms with E-state index in [-0.39, 0.29) is 17.7 Å². The molecule has 3 rings (SSSR count). The van der Waals surface area contributed by atoms with Crippen molar-refractivity contribution in [1.29, 1.82) is 0 Å². The van der Waals surface area contributed by atoms with Gasteiger partial charge in [-0.3, -0.25) is 14.6 Å². The molecular formula is C23H35N5O2. The Balaban J connectivity index is 1.28. The van der Waals surface area contributed by atoms with Crippen LogP contribution in [0.15, 0.2) is 35.3 Å². The van der Waals surface area contributed by atoms with E-state index in [2.05, 4.69) is 33.1 Å². The number of benzene rings is 1. The SMILES string of the molecule is CN=C(NCCCNC(=O)C1CCC1)NCC1CC(=O)N(CCc2ccccc2)C1. The zero-order chi connectivity index (χ0) is 21.2. The van der Waals surface area contributed by atoms with Gasteiger partial charge in [0.25, 0.3) is 0 Å². The Bertz CT molecular complexity index is 718. The van der Waals surface area contributed by atoms with Gasteiger partial charge in [-0.25, -0.2) is 0 Å². The maximum atomic E-state index is 12.3. The van der Waals surface area contributed by atoms with E-state index in [0.717, 1.165) is 57.8 Å². The minimum Gasteiger partial charge on any atom is -0.356 e. The average Bonchev–Trinajstić information content (AvgIpc) is 3.07. The molecule has 2 fully saturated rings. The molecule has 1 heterocycles. The summed E-state index contributed by atoms with van der Waals surface area (Å²) in [4.78, 5) is 30.3. The van der Waals surface area contributed by atoms with Crippen LogP contribution in [-0.4, -0.2) is 62.4 Å². The molecule has 1 aliphatic heterocycles. The topological polar surface area (TPSA) is 85.8 Å². The summed E-state index contributed by atoms with van der Waals surface area (Å²) in [7, 11) is 1.75. The lowest BCUT2D eigenvalue weighted by Gasteiger charge is -2.24. The minimum atomic E-state index is 0.200. The van der Waals surface area contributed by atoms with Crippen molar-refractivity contribution >= 4 is 17.8 Å². The van der Waals surface area contributed by atoms with Crippen LogP contribution in [0.25, 0.3) is 0 Å². The van der Waals surface area contributed by atoms with Crippen molar-refractivity contribution in [3.63, 3.8) is 0 Å². The standard InChI is InChI=1S/C23H35N5O2/c1-24-23(26-13-6-12-25-22(30)20-9-5-10-20)27-16-19-15-21(29)28(17-19)14-11-18-7-3-2-4-8-18/h2-4,7-8,19-20H,5-6,9-17H2,1H3,(H,25,30)(H2,24,26,27). The van der Waals surface area contributed by atoms with Crippen LogP contribution in [0.2, 0.25) is 0 Å². The maximum absolute atomic E-state index is 12.3. The van der Waals surface area contributed by atoms with Crippen LogP contribution < -0.4 is 16.0 Å². The normalized spacial score (nSPS) is 19.5. The number of hydrogen-bond acceptors (Lipinski definition) is 3. The predicted octanol–water partition coefficient (Wildman–Crippen LogP) is 1.55. The zero-order valence-corrected chi connectivity index (χ0v) is 18.0. The third-order valence-corrected chi connectivity index (χ3v) is 6.01. The monoisotopic (exact) mass is 413 g/mol. The van der Waals surface area contributed by atoms with Crippen LogP contribution in [0.1, 0.15) is 37.7 Å². The van der Waals surface area contributed by atoms with Gasteiger partial charge in [-0.05, 0) is 31.2 Å². The largest absolute Gasteiger partial charge is 0.356 e. The van der Waals surface area contributed by atoms with Crippen molar-refractivity contribution in [2.75, 3.05) is 39.8 Å². The molecule has 1 unspecified atom stereocenters. The molecule has 2 amide bonds. The van der Waals surface area contributed by atoms with Gasteiger partial charge in [0.1, 0.15) is 0 Å². The summed E-state index contributed by atoms with van der Waals surface area (Å²) in [6, 6.07) is 10.3. The molecule has 30 heavy (non-hydrogen) atoms. The highest BCUT2D eigenvalue weighted by Crippen LogP contribution is 2.26. The summed E-state index contributed by atoms with van der Waals surface area (Å²) in [6.07, 6.45) is 5.59. The fourth-order valence-corrected chi connectivity index (χ4v) is 3.90. The van der Waals surface area contributed by atoms with E-state index < -0.39 is 0 Å². The number of carbonyl (C=O) groups is 2. The van der Waals surface area contributed by atoms with Crippen molar-refractivity contribution in [1.82, 2.24) is 20.9 Å². The van der Waals surface area contributed by atoms with E-state index in [1.807, 2.05) is 23.1 Å². The average molecular weight is 414 g/mol. The third kappa shape index (κ3) is 6.75. The van der Waals surface area contributed by atoms with Gasteiger partial charge in [0.2, 0.25) is 11.8 Å². The molecular weight excluding hydrogens is 378 g/mol. The van der Waals surface area contributed by atoms with Gasteiger partial charge in [-0.15, -0.1) is 0 Å². The van der Waals surface area contributed by atoms with E-state index in [1.165, 1.54) is 12.0 Å². The summed E-state index contributed by atoms with van der Waals surface area (Å²) < 4.78 is 0. The molecule has 0 spiro atoms. The molecule has 2 aliphatic rings. The van der Waals surface area contributed by atoms with Crippen LogP contribution in [-0.2, 0) is 16.0 Å². The van der Waals surface area contributed by atoms with Crippen LogP contribution >= 0.6 is 0 Å².